The molecule has 4 rings (SSSR count). The van der Waals surface area contributed by atoms with Gasteiger partial charge in [-0.2, -0.15) is 8.61 Å². The van der Waals surface area contributed by atoms with Gasteiger partial charge in [-0.05, 0) is 54.8 Å². The van der Waals surface area contributed by atoms with Crippen molar-refractivity contribution in [2.75, 3.05) is 39.4 Å². The zero-order valence-corrected chi connectivity index (χ0v) is 20.7. The number of hydrogen-bond donors (Lipinski definition) is 1. The molecule has 0 aromatic heterocycles. The fourth-order valence-corrected chi connectivity index (χ4v) is 7.11. The lowest BCUT2D eigenvalue weighted by Gasteiger charge is -2.31. The van der Waals surface area contributed by atoms with Crippen molar-refractivity contribution in [3.05, 3.63) is 59.9 Å². The summed E-state index contributed by atoms with van der Waals surface area (Å²) in [5.74, 6) is -1.31. The van der Waals surface area contributed by atoms with Crippen molar-refractivity contribution < 1.29 is 30.8 Å². The molecular weight excluding hydrogens is 497 g/mol. The van der Waals surface area contributed by atoms with Gasteiger partial charge in [-0.15, -0.1) is 0 Å². The Hall–Kier alpha value is -2.38. The Labute approximate surface area is 205 Å². The molecule has 2 aliphatic rings. The number of carbonyl (C=O) groups excluding carboxylic acids is 1. The van der Waals surface area contributed by atoms with Crippen molar-refractivity contribution >= 4 is 26.0 Å². The molecule has 1 N–H and O–H groups in total. The Bertz CT molecular complexity index is 1250. The van der Waals surface area contributed by atoms with Gasteiger partial charge in [-0.3, -0.25) is 4.79 Å². The predicted molar refractivity (Wildman–Crippen MR) is 126 cm³/mol. The van der Waals surface area contributed by atoms with E-state index in [2.05, 4.69) is 5.32 Å². The Kier molecular flexibility index (Phi) is 7.86. The minimum atomic E-state index is -3.82. The molecule has 2 fully saturated rings. The van der Waals surface area contributed by atoms with Gasteiger partial charge in [0.05, 0.1) is 28.9 Å². The van der Waals surface area contributed by atoms with Crippen LogP contribution in [0.4, 0.5) is 4.39 Å². The van der Waals surface area contributed by atoms with Gasteiger partial charge in [-0.1, -0.05) is 12.1 Å². The van der Waals surface area contributed by atoms with Crippen LogP contribution in [0.1, 0.15) is 18.4 Å². The fraction of sp³-hybridized carbons (Fsp3) is 0.435. The van der Waals surface area contributed by atoms with Crippen LogP contribution in [-0.2, 0) is 36.1 Å². The number of piperidine rings is 1. The molecule has 0 bridgehead atoms. The number of hydrogen-bond acceptors (Lipinski definition) is 6. The number of nitrogens with one attached hydrogen (secondary N) is 1. The molecule has 2 aromatic carbocycles. The van der Waals surface area contributed by atoms with Gasteiger partial charge in [0.2, 0.25) is 26.0 Å². The van der Waals surface area contributed by atoms with Crippen LogP contribution in [0.25, 0.3) is 0 Å². The third-order valence-corrected chi connectivity index (χ3v) is 10.00. The van der Waals surface area contributed by atoms with Gasteiger partial charge in [0.15, 0.2) is 0 Å². The highest BCUT2D eigenvalue weighted by Gasteiger charge is 2.33. The summed E-state index contributed by atoms with van der Waals surface area (Å²) in [6.45, 7) is 1.90. The van der Waals surface area contributed by atoms with E-state index in [1.165, 1.54) is 32.9 Å². The van der Waals surface area contributed by atoms with E-state index >= 15 is 0 Å². The van der Waals surface area contributed by atoms with Gasteiger partial charge in [0, 0.05) is 32.7 Å². The Morgan fingerprint density at radius 3 is 2.09 bits per heavy atom. The zero-order chi connectivity index (χ0) is 25.1. The second-order valence-corrected chi connectivity index (χ2v) is 12.4. The Balaban J connectivity index is 1.34. The maximum absolute atomic E-state index is 13.2. The van der Waals surface area contributed by atoms with Gasteiger partial charge in [-0.25, -0.2) is 21.2 Å². The number of nitrogens with zero attached hydrogens (tertiary/aromatic N) is 2. The van der Waals surface area contributed by atoms with Crippen molar-refractivity contribution in [1.82, 2.24) is 13.9 Å². The van der Waals surface area contributed by atoms with E-state index in [0.717, 1.165) is 17.7 Å². The van der Waals surface area contributed by atoms with Crippen molar-refractivity contribution in [3.63, 3.8) is 0 Å². The summed E-state index contributed by atoms with van der Waals surface area (Å²) in [5.41, 5.74) is 0.728. The van der Waals surface area contributed by atoms with E-state index < -0.39 is 31.8 Å². The molecule has 9 nitrogen and oxygen atoms in total. The first-order valence-corrected chi connectivity index (χ1v) is 14.3. The predicted octanol–water partition coefficient (Wildman–Crippen LogP) is 1.56. The molecule has 0 unspecified atom stereocenters. The van der Waals surface area contributed by atoms with E-state index in [9.17, 15) is 26.0 Å². The standard InChI is InChI=1S/C23H28FN3O6S2/c24-20-5-9-22(10-6-20)35(31,32)27-11-1-2-19(17-27)23(28)25-16-18-3-7-21(8-4-18)34(29,30)26-12-14-33-15-13-26/h3-10,19H,1-2,11-17H2,(H,25,28)/t19-/m1/s1. The van der Waals surface area contributed by atoms with E-state index in [1.54, 1.807) is 12.1 Å². The SMILES string of the molecule is O=C(NCc1ccc(S(=O)(=O)N2CCOCC2)cc1)[C@@H]1CCCN(S(=O)(=O)c2ccc(F)cc2)C1. The number of morpholine rings is 1. The van der Waals surface area contributed by atoms with Crippen LogP contribution in [0, 0.1) is 11.7 Å². The van der Waals surface area contributed by atoms with Gasteiger partial charge in [0.25, 0.3) is 0 Å². The summed E-state index contributed by atoms with van der Waals surface area (Å²) in [5, 5.41) is 2.82. The topological polar surface area (TPSA) is 113 Å². The molecule has 2 aromatic rings. The molecule has 2 aliphatic heterocycles. The average molecular weight is 526 g/mol. The van der Waals surface area contributed by atoms with Crippen LogP contribution in [0.2, 0.25) is 0 Å². The third kappa shape index (κ3) is 5.89. The summed E-state index contributed by atoms with van der Waals surface area (Å²) >= 11 is 0. The molecule has 2 saturated heterocycles. The summed E-state index contributed by atoms with van der Waals surface area (Å²) in [6.07, 6.45) is 1.09. The molecular formula is C23H28FN3O6S2. The van der Waals surface area contributed by atoms with E-state index in [0.29, 0.717) is 45.7 Å². The Morgan fingerprint density at radius 1 is 0.886 bits per heavy atom. The number of amides is 1. The molecule has 2 heterocycles. The molecule has 1 amide bonds. The smallest absolute Gasteiger partial charge is 0.243 e. The first-order valence-electron chi connectivity index (χ1n) is 11.4. The zero-order valence-electron chi connectivity index (χ0n) is 19.1. The molecule has 35 heavy (non-hydrogen) atoms. The van der Waals surface area contributed by atoms with Crippen LogP contribution < -0.4 is 5.32 Å². The van der Waals surface area contributed by atoms with Crippen LogP contribution in [-0.4, -0.2) is 70.7 Å². The summed E-state index contributed by atoms with van der Waals surface area (Å²) in [4.78, 5) is 12.9. The average Bonchev–Trinajstić information content (AvgIpc) is 2.88. The van der Waals surface area contributed by atoms with Crippen molar-refractivity contribution in [3.8, 4) is 0 Å². The Morgan fingerprint density at radius 2 is 1.46 bits per heavy atom. The number of halogens is 1. The number of ether oxygens (including phenoxy) is 1. The van der Waals surface area contributed by atoms with Crippen molar-refractivity contribution in [2.24, 2.45) is 5.92 Å². The number of sulfonamides is 2. The van der Waals surface area contributed by atoms with Crippen molar-refractivity contribution in [2.45, 2.75) is 29.2 Å². The van der Waals surface area contributed by atoms with Gasteiger partial charge >= 0.3 is 0 Å². The highest BCUT2D eigenvalue weighted by atomic mass is 32.2. The number of benzene rings is 2. The maximum atomic E-state index is 13.2. The molecule has 0 spiro atoms. The minimum Gasteiger partial charge on any atom is -0.379 e. The van der Waals surface area contributed by atoms with Gasteiger partial charge in [0.1, 0.15) is 5.82 Å². The maximum Gasteiger partial charge on any atom is 0.243 e. The molecule has 0 aliphatic carbocycles. The minimum absolute atomic E-state index is 0.00733. The third-order valence-electron chi connectivity index (χ3n) is 6.20. The molecule has 12 heteroatoms. The molecule has 190 valence electrons. The van der Waals surface area contributed by atoms with E-state index in [-0.39, 0.29) is 28.8 Å². The van der Waals surface area contributed by atoms with Gasteiger partial charge < -0.3 is 10.1 Å². The van der Waals surface area contributed by atoms with E-state index in [4.69, 9.17) is 4.74 Å². The fourth-order valence-electron chi connectivity index (χ4n) is 4.18. The highest BCUT2D eigenvalue weighted by Crippen LogP contribution is 2.24. The first kappa shape index (κ1) is 25.7. The van der Waals surface area contributed by atoms with Crippen LogP contribution in [0.3, 0.4) is 0 Å². The molecule has 0 radical (unpaired) electrons. The number of rotatable bonds is 7. The van der Waals surface area contributed by atoms with Crippen LogP contribution >= 0.6 is 0 Å². The summed E-state index contributed by atoms with van der Waals surface area (Å²) < 4.78 is 72.3. The van der Waals surface area contributed by atoms with E-state index in [1.807, 2.05) is 0 Å². The van der Waals surface area contributed by atoms with Crippen molar-refractivity contribution in [1.29, 1.82) is 0 Å². The first-order chi connectivity index (χ1) is 16.7. The van der Waals surface area contributed by atoms with Crippen LogP contribution in [0.5, 0.6) is 0 Å². The lowest BCUT2D eigenvalue weighted by atomic mass is 9.99. The second kappa shape index (κ2) is 10.7. The molecule has 0 saturated carbocycles. The lowest BCUT2D eigenvalue weighted by Crippen LogP contribution is -2.45. The van der Waals surface area contributed by atoms with Crippen LogP contribution in [0.15, 0.2) is 58.3 Å². The second-order valence-electron chi connectivity index (χ2n) is 8.53. The normalized spacial score (nSPS) is 20.4. The molecule has 1 atom stereocenters. The summed E-state index contributed by atoms with van der Waals surface area (Å²) in [6, 6.07) is 11.0. The lowest BCUT2D eigenvalue weighted by molar-refractivity contribution is -0.126. The monoisotopic (exact) mass is 525 g/mol. The quantitative estimate of drug-likeness (QED) is 0.587. The highest BCUT2D eigenvalue weighted by molar-refractivity contribution is 7.89. The summed E-state index contributed by atoms with van der Waals surface area (Å²) in [7, 11) is -7.41. The number of carbonyl (C=O) groups is 1. The largest absolute Gasteiger partial charge is 0.379 e.